The highest BCUT2D eigenvalue weighted by atomic mass is 35.5. The van der Waals surface area contributed by atoms with Crippen LogP contribution in [0.4, 0.5) is 5.69 Å². The summed E-state index contributed by atoms with van der Waals surface area (Å²) in [5.74, 6) is 0. The van der Waals surface area contributed by atoms with E-state index in [-0.39, 0.29) is 0 Å². The van der Waals surface area contributed by atoms with Gasteiger partial charge < -0.3 is 10.6 Å². The number of aromatic nitrogens is 2. The third kappa shape index (κ3) is 3.77. The number of halogens is 2. The third-order valence-electron chi connectivity index (χ3n) is 1.81. The van der Waals surface area contributed by atoms with E-state index in [0.29, 0.717) is 33.9 Å². The Kier molecular flexibility index (Phi) is 4.50. The quantitative estimate of drug-likeness (QED) is 0.842. The predicted octanol–water partition coefficient (Wildman–Crippen LogP) is 1.90. The number of hydrogen-bond donors (Lipinski definition) is 1. The van der Waals surface area contributed by atoms with Crippen LogP contribution in [0.25, 0.3) is 0 Å². The molecule has 15 heavy (non-hydrogen) atoms. The van der Waals surface area contributed by atoms with Crippen molar-refractivity contribution >= 4 is 46.1 Å². The maximum absolute atomic E-state index is 5.87. The van der Waals surface area contributed by atoms with E-state index in [1.165, 1.54) is 0 Å². The van der Waals surface area contributed by atoms with Gasteiger partial charge in [-0.3, -0.25) is 0 Å². The highest BCUT2D eigenvalue weighted by molar-refractivity contribution is 7.80. The first-order valence-electron chi connectivity index (χ1n) is 4.19. The lowest BCUT2D eigenvalue weighted by atomic mass is 10.3. The standard InChI is InChI=1S/C8H10Cl2N4S/c1-14(3-2-7(11)15)5-4-6(9)12-13-8(5)10/h4H,2-3H2,1H3,(H2,11,15). The van der Waals surface area contributed by atoms with Crippen molar-refractivity contribution in [3.05, 3.63) is 16.4 Å². The maximum Gasteiger partial charge on any atom is 0.175 e. The minimum absolute atomic E-state index is 0.302. The summed E-state index contributed by atoms with van der Waals surface area (Å²) in [6.07, 6.45) is 0.613. The Hall–Kier alpha value is -0.650. The molecule has 0 radical (unpaired) electrons. The number of hydrogen-bond acceptors (Lipinski definition) is 4. The minimum atomic E-state index is 0.302. The second-order valence-electron chi connectivity index (χ2n) is 2.98. The molecule has 0 amide bonds. The van der Waals surface area contributed by atoms with E-state index in [0.717, 1.165) is 0 Å². The third-order valence-corrected chi connectivity index (χ3v) is 2.46. The fourth-order valence-electron chi connectivity index (χ4n) is 1.01. The smallest absolute Gasteiger partial charge is 0.175 e. The van der Waals surface area contributed by atoms with Crippen LogP contribution >= 0.6 is 35.4 Å². The summed E-state index contributed by atoms with van der Waals surface area (Å²) in [7, 11) is 1.86. The zero-order chi connectivity index (χ0) is 11.4. The molecule has 0 aliphatic rings. The van der Waals surface area contributed by atoms with Crippen LogP contribution in [0.5, 0.6) is 0 Å². The highest BCUT2D eigenvalue weighted by Crippen LogP contribution is 2.24. The summed E-state index contributed by atoms with van der Waals surface area (Å²) in [6.45, 7) is 0.664. The van der Waals surface area contributed by atoms with E-state index in [1.807, 2.05) is 11.9 Å². The Balaban J connectivity index is 2.76. The average molecular weight is 265 g/mol. The molecule has 0 saturated carbocycles. The van der Waals surface area contributed by atoms with Crippen LogP contribution < -0.4 is 10.6 Å². The van der Waals surface area contributed by atoms with Crippen LogP contribution in [-0.4, -0.2) is 28.8 Å². The lowest BCUT2D eigenvalue weighted by Crippen LogP contribution is -2.23. The predicted molar refractivity (Wildman–Crippen MR) is 66.7 cm³/mol. The van der Waals surface area contributed by atoms with Crippen LogP contribution in [0, 0.1) is 0 Å². The van der Waals surface area contributed by atoms with Crippen molar-refractivity contribution in [1.82, 2.24) is 10.2 Å². The number of nitrogens with zero attached hydrogens (tertiary/aromatic N) is 3. The Morgan fingerprint density at radius 2 is 2.20 bits per heavy atom. The van der Waals surface area contributed by atoms with Crippen LogP contribution in [-0.2, 0) is 0 Å². The molecular weight excluding hydrogens is 255 g/mol. The Morgan fingerprint density at radius 3 is 2.80 bits per heavy atom. The molecule has 1 aromatic heterocycles. The molecule has 1 aromatic rings. The van der Waals surface area contributed by atoms with Crippen molar-refractivity contribution in [3.63, 3.8) is 0 Å². The van der Waals surface area contributed by atoms with Gasteiger partial charge in [-0.25, -0.2) is 0 Å². The molecule has 0 aromatic carbocycles. The van der Waals surface area contributed by atoms with Gasteiger partial charge in [0.1, 0.15) is 0 Å². The molecule has 0 aliphatic carbocycles. The first-order chi connectivity index (χ1) is 7.00. The van der Waals surface area contributed by atoms with E-state index in [4.69, 9.17) is 41.2 Å². The molecule has 0 bridgehead atoms. The average Bonchev–Trinajstić information content (AvgIpc) is 2.18. The molecular formula is C8H10Cl2N4S. The largest absolute Gasteiger partial charge is 0.393 e. The van der Waals surface area contributed by atoms with Crippen LogP contribution in [0.2, 0.25) is 10.3 Å². The summed E-state index contributed by atoms with van der Waals surface area (Å²) in [6, 6.07) is 1.65. The molecule has 2 N–H and O–H groups in total. The van der Waals surface area contributed by atoms with Crippen molar-refractivity contribution in [2.24, 2.45) is 5.73 Å². The first kappa shape index (κ1) is 12.4. The summed E-state index contributed by atoms with van der Waals surface area (Å²) in [5.41, 5.74) is 6.12. The molecule has 0 atom stereocenters. The second-order valence-corrected chi connectivity index (χ2v) is 4.25. The summed E-state index contributed by atoms with van der Waals surface area (Å²) in [4.78, 5) is 2.34. The lowest BCUT2D eigenvalue weighted by Gasteiger charge is -2.19. The number of nitrogens with two attached hydrogens (primary N) is 1. The SMILES string of the molecule is CN(CCC(N)=S)c1cc(Cl)nnc1Cl. The van der Waals surface area contributed by atoms with Gasteiger partial charge in [-0.15, -0.1) is 10.2 Å². The minimum Gasteiger partial charge on any atom is -0.393 e. The van der Waals surface area contributed by atoms with Gasteiger partial charge in [0.25, 0.3) is 0 Å². The zero-order valence-electron chi connectivity index (χ0n) is 8.07. The van der Waals surface area contributed by atoms with E-state index < -0.39 is 0 Å². The van der Waals surface area contributed by atoms with E-state index in [1.54, 1.807) is 6.07 Å². The van der Waals surface area contributed by atoms with Gasteiger partial charge in [-0.2, -0.15) is 0 Å². The highest BCUT2D eigenvalue weighted by Gasteiger charge is 2.09. The van der Waals surface area contributed by atoms with Crippen molar-refractivity contribution in [1.29, 1.82) is 0 Å². The van der Waals surface area contributed by atoms with Gasteiger partial charge in [-0.05, 0) is 0 Å². The van der Waals surface area contributed by atoms with Gasteiger partial charge in [0.05, 0.1) is 10.7 Å². The molecule has 1 rings (SSSR count). The molecule has 7 heteroatoms. The van der Waals surface area contributed by atoms with E-state index in [2.05, 4.69) is 10.2 Å². The molecule has 0 fully saturated rings. The lowest BCUT2D eigenvalue weighted by molar-refractivity contribution is 0.904. The molecule has 0 saturated heterocycles. The molecule has 0 aliphatic heterocycles. The maximum atomic E-state index is 5.87. The topological polar surface area (TPSA) is 55.0 Å². The van der Waals surface area contributed by atoms with Crippen molar-refractivity contribution < 1.29 is 0 Å². The fraction of sp³-hybridized carbons (Fsp3) is 0.375. The summed E-state index contributed by atoms with van der Waals surface area (Å²) in [5, 5.41) is 7.94. The van der Waals surface area contributed by atoms with Gasteiger partial charge in [0, 0.05) is 26.1 Å². The molecule has 0 unspecified atom stereocenters. The van der Waals surface area contributed by atoms with Gasteiger partial charge in [0.15, 0.2) is 10.3 Å². The number of anilines is 1. The Bertz CT molecular complexity index is 372. The van der Waals surface area contributed by atoms with E-state index in [9.17, 15) is 0 Å². The van der Waals surface area contributed by atoms with Crippen molar-refractivity contribution in [2.45, 2.75) is 6.42 Å². The zero-order valence-corrected chi connectivity index (χ0v) is 10.4. The number of thiocarbonyl (C=S) groups is 1. The molecule has 4 nitrogen and oxygen atoms in total. The van der Waals surface area contributed by atoms with E-state index >= 15 is 0 Å². The van der Waals surface area contributed by atoms with Crippen molar-refractivity contribution in [2.75, 3.05) is 18.5 Å². The van der Waals surface area contributed by atoms with Crippen LogP contribution in [0.15, 0.2) is 6.07 Å². The summed E-state index contributed by atoms with van der Waals surface area (Å²) < 4.78 is 0. The van der Waals surface area contributed by atoms with Gasteiger partial charge in [-0.1, -0.05) is 35.4 Å². The molecule has 0 spiro atoms. The molecule has 82 valence electrons. The summed E-state index contributed by atoms with van der Waals surface area (Å²) >= 11 is 16.4. The Labute approximate surface area is 103 Å². The van der Waals surface area contributed by atoms with Crippen LogP contribution in [0.1, 0.15) is 6.42 Å². The van der Waals surface area contributed by atoms with Gasteiger partial charge >= 0.3 is 0 Å². The van der Waals surface area contributed by atoms with Gasteiger partial charge in [0.2, 0.25) is 0 Å². The Morgan fingerprint density at radius 1 is 1.53 bits per heavy atom. The molecule has 1 heterocycles. The number of rotatable bonds is 4. The van der Waals surface area contributed by atoms with Crippen LogP contribution in [0.3, 0.4) is 0 Å². The van der Waals surface area contributed by atoms with Crippen molar-refractivity contribution in [3.8, 4) is 0 Å². The fourth-order valence-corrected chi connectivity index (χ4v) is 1.48. The monoisotopic (exact) mass is 264 g/mol. The normalized spacial score (nSPS) is 10.1. The second kappa shape index (κ2) is 5.44. The first-order valence-corrected chi connectivity index (χ1v) is 5.35.